The van der Waals surface area contributed by atoms with Crippen molar-refractivity contribution in [2.75, 3.05) is 23.7 Å². The van der Waals surface area contributed by atoms with Crippen LogP contribution in [0, 0.1) is 12.8 Å². The highest BCUT2D eigenvalue weighted by Gasteiger charge is 2.32. The van der Waals surface area contributed by atoms with Crippen molar-refractivity contribution in [2.45, 2.75) is 51.9 Å². The van der Waals surface area contributed by atoms with Crippen LogP contribution in [0.1, 0.15) is 66.8 Å². The van der Waals surface area contributed by atoms with E-state index in [1.807, 2.05) is 85.8 Å². The van der Waals surface area contributed by atoms with Gasteiger partial charge in [0.15, 0.2) is 5.78 Å². The van der Waals surface area contributed by atoms with Crippen LogP contribution in [0.25, 0.3) is 16.7 Å². The zero-order valence-corrected chi connectivity index (χ0v) is 26.2. The van der Waals surface area contributed by atoms with Crippen LogP contribution in [0.2, 0.25) is 0 Å². The Labute approximate surface area is 263 Å². The summed E-state index contributed by atoms with van der Waals surface area (Å²) in [7, 11) is 0. The average Bonchev–Trinajstić information content (AvgIpc) is 3.47. The number of nitrogens with one attached hydrogen (secondary N) is 3. The van der Waals surface area contributed by atoms with Crippen molar-refractivity contribution < 1.29 is 9.59 Å². The van der Waals surface area contributed by atoms with Gasteiger partial charge >= 0.3 is 6.03 Å². The van der Waals surface area contributed by atoms with Gasteiger partial charge in [-0.2, -0.15) is 5.10 Å². The van der Waals surface area contributed by atoms with E-state index in [0.29, 0.717) is 22.7 Å². The number of amides is 2. The van der Waals surface area contributed by atoms with Crippen LogP contribution in [0.15, 0.2) is 85.1 Å². The molecule has 0 spiro atoms. The summed E-state index contributed by atoms with van der Waals surface area (Å²) in [5, 5.41) is 14.1. The molecule has 0 aliphatic carbocycles. The summed E-state index contributed by atoms with van der Waals surface area (Å²) in [6, 6.07) is 24.7. The van der Waals surface area contributed by atoms with Gasteiger partial charge in [-0.25, -0.2) is 14.5 Å². The maximum atomic E-state index is 14.0. The molecule has 0 saturated carbocycles. The van der Waals surface area contributed by atoms with Gasteiger partial charge in [0.05, 0.1) is 34.5 Å². The first kappa shape index (κ1) is 30.1. The molecule has 1 atom stereocenters. The molecule has 230 valence electrons. The highest BCUT2D eigenvalue weighted by Crippen LogP contribution is 2.35. The van der Waals surface area contributed by atoms with Crippen LogP contribution in [-0.4, -0.2) is 44.7 Å². The Bertz CT molecular complexity index is 1820. The SMILES string of the molecule is Cc1ccc(-n2nc(C(C)(C)C)cc2NC(=O)Nc2ccc(C(C(=O)c3cnc4ccccc4n3)C3CCNCC3)cc2)cc1. The molecule has 1 fully saturated rings. The second-order valence-electron chi connectivity index (χ2n) is 12.8. The van der Waals surface area contributed by atoms with Crippen LogP contribution in [0.5, 0.6) is 0 Å². The number of hydrogen-bond acceptors (Lipinski definition) is 6. The predicted molar refractivity (Wildman–Crippen MR) is 178 cm³/mol. The van der Waals surface area contributed by atoms with Gasteiger partial charge in [0, 0.05) is 17.2 Å². The molecule has 1 unspecified atom stereocenters. The number of para-hydroxylation sites is 2. The third-order valence-electron chi connectivity index (χ3n) is 8.36. The fourth-order valence-corrected chi connectivity index (χ4v) is 5.82. The average molecular weight is 602 g/mol. The Morgan fingerprint density at radius 3 is 2.29 bits per heavy atom. The Morgan fingerprint density at radius 1 is 0.911 bits per heavy atom. The molecule has 3 heterocycles. The van der Waals surface area contributed by atoms with E-state index in [-0.39, 0.29) is 29.1 Å². The fraction of sp³-hybridized carbons (Fsp3) is 0.306. The number of fused-ring (bicyclic) bond motifs is 1. The molecule has 1 saturated heterocycles. The van der Waals surface area contributed by atoms with Crippen LogP contribution >= 0.6 is 0 Å². The third-order valence-corrected chi connectivity index (χ3v) is 8.36. The maximum absolute atomic E-state index is 14.0. The number of urea groups is 1. The van der Waals surface area contributed by atoms with Crippen LogP contribution in [0.3, 0.4) is 0 Å². The first-order chi connectivity index (χ1) is 21.7. The minimum atomic E-state index is -0.381. The van der Waals surface area contributed by atoms with Crippen LogP contribution in [0.4, 0.5) is 16.3 Å². The smallest absolute Gasteiger partial charge is 0.317 e. The van der Waals surface area contributed by atoms with E-state index in [2.05, 4.69) is 46.7 Å². The second-order valence-corrected chi connectivity index (χ2v) is 12.8. The van der Waals surface area contributed by atoms with Gasteiger partial charge in [-0.1, -0.05) is 62.7 Å². The number of ketones is 1. The third kappa shape index (κ3) is 6.78. The number of carbonyl (C=O) groups is 2. The van der Waals surface area contributed by atoms with Crippen molar-refractivity contribution >= 4 is 34.4 Å². The molecular formula is C36H39N7O2. The van der Waals surface area contributed by atoms with Gasteiger partial charge in [0.25, 0.3) is 0 Å². The number of Topliss-reactive ketones (excluding diaryl/α,β-unsaturated/α-hetero) is 1. The van der Waals surface area contributed by atoms with Gasteiger partial charge in [-0.05, 0) is 80.7 Å². The number of benzene rings is 3. The molecule has 5 aromatic rings. The summed E-state index contributed by atoms with van der Waals surface area (Å²) in [6.45, 7) is 10.0. The Kier molecular flexibility index (Phi) is 8.45. The first-order valence-corrected chi connectivity index (χ1v) is 15.5. The summed E-state index contributed by atoms with van der Waals surface area (Å²) >= 11 is 0. The lowest BCUT2D eigenvalue weighted by atomic mass is 9.77. The van der Waals surface area contributed by atoms with Crippen LogP contribution in [-0.2, 0) is 5.41 Å². The van der Waals surface area contributed by atoms with Gasteiger partial charge in [-0.3, -0.25) is 15.1 Å². The largest absolute Gasteiger partial charge is 0.324 e. The molecule has 1 aliphatic heterocycles. The quantitative estimate of drug-likeness (QED) is 0.173. The topological polar surface area (TPSA) is 114 Å². The zero-order chi connectivity index (χ0) is 31.6. The second kappa shape index (κ2) is 12.6. The number of aromatic nitrogens is 4. The minimum Gasteiger partial charge on any atom is -0.317 e. The lowest BCUT2D eigenvalue weighted by molar-refractivity contribution is 0.0911. The lowest BCUT2D eigenvalue weighted by Crippen LogP contribution is -2.34. The molecule has 3 aromatic carbocycles. The molecule has 0 radical (unpaired) electrons. The van der Waals surface area contributed by atoms with Crippen molar-refractivity contribution in [3.8, 4) is 5.69 Å². The molecule has 45 heavy (non-hydrogen) atoms. The summed E-state index contributed by atoms with van der Waals surface area (Å²) in [4.78, 5) is 36.3. The van der Waals surface area contributed by atoms with Crippen molar-refractivity contribution in [2.24, 2.45) is 5.92 Å². The molecule has 6 rings (SSSR count). The standard InChI is InChI=1S/C36H39N7O2/c1-23-9-15-27(16-10-23)43-32(21-31(42-43)36(2,3)4)41-35(45)39-26-13-11-24(12-14-26)33(25-17-19-37-20-18-25)34(44)30-22-38-28-7-5-6-8-29(28)40-30/h5-16,21-22,25,33,37H,17-20H2,1-4H3,(H2,39,41,45). The number of aryl methyl sites for hydroxylation is 1. The molecule has 0 bridgehead atoms. The Morgan fingerprint density at radius 2 is 1.60 bits per heavy atom. The molecule has 1 aliphatic rings. The maximum Gasteiger partial charge on any atom is 0.324 e. The van der Waals surface area contributed by atoms with Crippen molar-refractivity contribution in [3.63, 3.8) is 0 Å². The van der Waals surface area contributed by atoms with Crippen molar-refractivity contribution in [1.29, 1.82) is 0 Å². The molecule has 9 nitrogen and oxygen atoms in total. The highest BCUT2D eigenvalue weighted by atomic mass is 16.2. The zero-order valence-electron chi connectivity index (χ0n) is 26.2. The summed E-state index contributed by atoms with van der Waals surface area (Å²) in [6.07, 6.45) is 3.38. The van der Waals surface area contributed by atoms with E-state index in [9.17, 15) is 9.59 Å². The normalized spacial score (nSPS) is 14.7. The number of rotatable bonds is 7. The number of carbonyl (C=O) groups excluding carboxylic acids is 2. The highest BCUT2D eigenvalue weighted by molar-refractivity contribution is 6.01. The van der Waals surface area contributed by atoms with E-state index in [1.54, 1.807) is 10.9 Å². The van der Waals surface area contributed by atoms with Crippen molar-refractivity contribution in [1.82, 2.24) is 25.1 Å². The fourth-order valence-electron chi connectivity index (χ4n) is 5.82. The minimum absolute atomic E-state index is 0.0300. The predicted octanol–water partition coefficient (Wildman–Crippen LogP) is 7.03. The first-order valence-electron chi connectivity index (χ1n) is 15.5. The van der Waals surface area contributed by atoms with E-state index < -0.39 is 0 Å². The summed E-state index contributed by atoms with van der Waals surface area (Å²) < 4.78 is 1.76. The summed E-state index contributed by atoms with van der Waals surface area (Å²) in [5.41, 5.74) is 6.04. The van der Waals surface area contributed by atoms with Gasteiger partial charge < -0.3 is 10.6 Å². The van der Waals surface area contributed by atoms with E-state index in [4.69, 9.17) is 5.10 Å². The van der Waals surface area contributed by atoms with Crippen LogP contribution < -0.4 is 16.0 Å². The van der Waals surface area contributed by atoms with E-state index in [0.717, 1.165) is 54.0 Å². The van der Waals surface area contributed by atoms with E-state index in [1.165, 1.54) is 0 Å². The number of hydrogen-bond donors (Lipinski definition) is 3. The Balaban J connectivity index is 1.22. The molecule has 9 heteroatoms. The van der Waals surface area contributed by atoms with E-state index >= 15 is 0 Å². The lowest BCUT2D eigenvalue weighted by Gasteiger charge is -2.30. The summed E-state index contributed by atoms with van der Waals surface area (Å²) in [5.74, 6) is 0.363. The number of nitrogens with zero attached hydrogens (tertiary/aromatic N) is 4. The molecular weight excluding hydrogens is 562 g/mol. The Hall–Kier alpha value is -4.89. The molecule has 3 N–H and O–H groups in total. The van der Waals surface area contributed by atoms with Gasteiger partial charge in [0.1, 0.15) is 11.5 Å². The van der Waals surface area contributed by atoms with Gasteiger partial charge in [0.2, 0.25) is 0 Å². The van der Waals surface area contributed by atoms with Crippen molar-refractivity contribution in [3.05, 3.63) is 108 Å². The molecule has 2 amide bonds. The molecule has 2 aromatic heterocycles. The van der Waals surface area contributed by atoms with Gasteiger partial charge in [-0.15, -0.1) is 0 Å². The number of piperidine rings is 1. The number of anilines is 2. The monoisotopic (exact) mass is 601 g/mol.